The minimum absolute atomic E-state index is 0.0399. The standard InChI is InChI=1S/C17H20N2O3/c1-11-9-14-10-13(4-6-17(21)22)3-5-15(14)12(2)19(11)16(20)7-8-18/h3,5,10-12H,4,6-7,9H2,1-2H3,(H,21,22). The van der Waals surface area contributed by atoms with Crippen molar-refractivity contribution in [3.05, 3.63) is 34.9 Å². The van der Waals surface area contributed by atoms with Crippen LogP contribution in [0.25, 0.3) is 0 Å². The number of nitriles is 1. The Kier molecular flexibility index (Phi) is 4.81. The number of hydrogen-bond acceptors (Lipinski definition) is 3. The zero-order chi connectivity index (χ0) is 16.3. The summed E-state index contributed by atoms with van der Waals surface area (Å²) < 4.78 is 0. The van der Waals surface area contributed by atoms with E-state index in [0.29, 0.717) is 6.42 Å². The van der Waals surface area contributed by atoms with Crippen LogP contribution in [0.4, 0.5) is 0 Å². The molecule has 1 aromatic carbocycles. The number of carboxylic acids is 1. The van der Waals surface area contributed by atoms with Gasteiger partial charge in [0.15, 0.2) is 0 Å². The maximum absolute atomic E-state index is 12.1. The van der Waals surface area contributed by atoms with Gasteiger partial charge in [0.2, 0.25) is 5.91 Å². The summed E-state index contributed by atoms with van der Waals surface area (Å²) in [5.74, 6) is -0.934. The average Bonchev–Trinajstić information content (AvgIpc) is 2.45. The number of carbonyl (C=O) groups excluding carboxylic acids is 1. The number of benzene rings is 1. The first kappa shape index (κ1) is 16.0. The van der Waals surface area contributed by atoms with Crippen molar-refractivity contribution in [2.45, 2.75) is 51.6 Å². The maximum atomic E-state index is 12.1. The summed E-state index contributed by atoms with van der Waals surface area (Å²) in [7, 11) is 0. The summed E-state index contributed by atoms with van der Waals surface area (Å²) in [5, 5.41) is 17.5. The number of aliphatic carboxylic acids is 1. The van der Waals surface area contributed by atoms with Crippen LogP contribution in [0.3, 0.4) is 0 Å². The van der Waals surface area contributed by atoms with Gasteiger partial charge in [-0.3, -0.25) is 9.59 Å². The molecule has 0 fully saturated rings. The summed E-state index contributed by atoms with van der Waals surface area (Å²) in [5.41, 5.74) is 3.27. The van der Waals surface area contributed by atoms with Crippen molar-refractivity contribution in [2.75, 3.05) is 0 Å². The molecule has 1 amide bonds. The summed E-state index contributed by atoms with van der Waals surface area (Å²) in [6, 6.07) is 7.86. The van der Waals surface area contributed by atoms with Crippen molar-refractivity contribution in [2.24, 2.45) is 0 Å². The molecule has 0 spiro atoms. The van der Waals surface area contributed by atoms with Gasteiger partial charge in [-0.2, -0.15) is 5.26 Å². The molecule has 22 heavy (non-hydrogen) atoms. The fraction of sp³-hybridized carbons (Fsp3) is 0.471. The Balaban J connectivity index is 2.24. The van der Waals surface area contributed by atoms with E-state index in [1.165, 1.54) is 5.56 Å². The number of carbonyl (C=O) groups is 2. The summed E-state index contributed by atoms with van der Waals surface area (Å²) in [6.07, 6.45) is 1.28. The minimum Gasteiger partial charge on any atom is -0.481 e. The van der Waals surface area contributed by atoms with Gasteiger partial charge in [0, 0.05) is 12.5 Å². The third-order valence-corrected chi connectivity index (χ3v) is 4.21. The molecule has 5 heteroatoms. The topological polar surface area (TPSA) is 81.4 Å². The van der Waals surface area contributed by atoms with Gasteiger partial charge in [0.25, 0.3) is 0 Å². The number of carboxylic acid groups (broad SMARTS) is 1. The molecule has 5 nitrogen and oxygen atoms in total. The van der Waals surface area contributed by atoms with Crippen LogP contribution in [0, 0.1) is 11.3 Å². The number of amides is 1. The molecule has 1 aromatic rings. The highest BCUT2D eigenvalue weighted by atomic mass is 16.4. The Labute approximate surface area is 130 Å². The molecule has 1 aliphatic rings. The van der Waals surface area contributed by atoms with Crippen LogP contribution in [0.2, 0.25) is 0 Å². The first-order valence-corrected chi connectivity index (χ1v) is 7.45. The highest BCUT2D eigenvalue weighted by Crippen LogP contribution is 2.33. The van der Waals surface area contributed by atoms with Crippen molar-refractivity contribution in [1.29, 1.82) is 5.26 Å². The van der Waals surface area contributed by atoms with E-state index in [1.54, 1.807) is 4.90 Å². The van der Waals surface area contributed by atoms with Crippen molar-refractivity contribution in [3.63, 3.8) is 0 Å². The normalized spacial score (nSPS) is 20.1. The molecule has 0 radical (unpaired) electrons. The first-order chi connectivity index (χ1) is 10.4. The highest BCUT2D eigenvalue weighted by Gasteiger charge is 2.32. The predicted molar refractivity (Wildman–Crippen MR) is 81.1 cm³/mol. The second-order valence-electron chi connectivity index (χ2n) is 5.79. The van der Waals surface area contributed by atoms with Crippen LogP contribution < -0.4 is 0 Å². The number of aryl methyl sites for hydroxylation is 1. The third-order valence-electron chi connectivity index (χ3n) is 4.21. The Hall–Kier alpha value is -2.35. The van der Waals surface area contributed by atoms with Crippen LogP contribution in [0.5, 0.6) is 0 Å². The molecule has 0 aliphatic carbocycles. The van der Waals surface area contributed by atoms with E-state index in [0.717, 1.165) is 17.5 Å². The maximum Gasteiger partial charge on any atom is 0.303 e. The largest absolute Gasteiger partial charge is 0.481 e. The van der Waals surface area contributed by atoms with E-state index in [1.807, 2.05) is 32.0 Å². The molecule has 0 saturated carbocycles. The lowest BCUT2D eigenvalue weighted by Gasteiger charge is -2.40. The second kappa shape index (κ2) is 6.61. The number of nitrogens with zero attached hydrogens (tertiary/aromatic N) is 2. The molecule has 0 saturated heterocycles. The number of fused-ring (bicyclic) bond motifs is 1. The quantitative estimate of drug-likeness (QED) is 0.926. The average molecular weight is 300 g/mol. The van der Waals surface area contributed by atoms with Gasteiger partial charge < -0.3 is 10.0 Å². The molecule has 116 valence electrons. The number of hydrogen-bond donors (Lipinski definition) is 1. The van der Waals surface area contributed by atoms with Gasteiger partial charge >= 0.3 is 5.97 Å². The fourth-order valence-corrected chi connectivity index (χ4v) is 3.22. The molecule has 1 N–H and O–H groups in total. The molecule has 2 unspecified atom stereocenters. The zero-order valence-electron chi connectivity index (χ0n) is 12.9. The van der Waals surface area contributed by atoms with Gasteiger partial charge in [0.1, 0.15) is 6.42 Å². The van der Waals surface area contributed by atoms with Crippen LogP contribution in [-0.4, -0.2) is 27.9 Å². The summed E-state index contributed by atoms with van der Waals surface area (Å²) in [6.45, 7) is 3.96. The molecule has 2 atom stereocenters. The third kappa shape index (κ3) is 3.28. The van der Waals surface area contributed by atoms with E-state index in [4.69, 9.17) is 10.4 Å². The fourth-order valence-electron chi connectivity index (χ4n) is 3.22. The zero-order valence-corrected chi connectivity index (χ0v) is 12.9. The minimum atomic E-state index is -0.798. The summed E-state index contributed by atoms with van der Waals surface area (Å²) in [4.78, 5) is 24.6. The predicted octanol–water partition coefficient (Wildman–Crippen LogP) is 2.45. The Bertz CT molecular complexity index is 633. The highest BCUT2D eigenvalue weighted by molar-refractivity contribution is 5.79. The smallest absolute Gasteiger partial charge is 0.303 e. The van der Waals surface area contributed by atoms with Crippen LogP contribution in [0.1, 0.15) is 49.4 Å². The second-order valence-corrected chi connectivity index (χ2v) is 5.79. The van der Waals surface area contributed by atoms with Gasteiger partial charge in [-0.1, -0.05) is 18.2 Å². The Morgan fingerprint density at radius 1 is 1.41 bits per heavy atom. The molecule has 2 rings (SSSR count). The summed E-state index contributed by atoms with van der Waals surface area (Å²) >= 11 is 0. The van der Waals surface area contributed by atoms with Gasteiger partial charge in [-0.25, -0.2) is 0 Å². The van der Waals surface area contributed by atoms with E-state index < -0.39 is 5.97 Å². The van der Waals surface area contributed by atoms with Gasteiger partial charge in [-0.05, 0) is 43.4 Å². The first-order valence-electron chi connectivity index (χ1n) is 7.45. The molecular formula is C17H20N2O3. The van der Waals surface area contributed by atoms with Crippen LogP contribution in [0.15, 0.2) is 18.2 Å². The monoisotopic (exact) mass is 300 g/mol. The Morgan fingerprint density at radius 3 is 2.77 bits per heavy atom. The Morgan fingerprint density at radius 2 is 2.14 bits per heavy atom. The number of rotatable bonds is 4. The molecular weight excluding hydrogens is 280 g/mol. The van der Waals surface area contributed by atoms with Crippen molar-refractivity contribution in [3.8, 4) is 6.07 Å². The van der Waals surface area contributed by atoms with E-state index in [2.05, 4.69) is 6.07 Å². The van der Waals surface area contributed by atoms with E-state index in [-0.39, 0.29) is 30.8 Å². The van der Waals surface area contributed by atoms with Crippen molar-refractivity contribution < 1.29 is 14.7 Å². The SMILES string of the molecule is CC1Cc2cc(CCC(=O)O)ccc2C(C)N1C(=O)CC#N. The van der Waals surface area contributed by atoms with Gasteiger partial charge in [-0.15, -0.1) is 0 Å². The van der Waals surface area contributed by atoms with Crippen LogP contribution >= 0.6 is 0 Å². The molecule has 0 aromatic heterocycles. The van der Waals surface area contributed by atoms with Gasteiger partial charge in [0.05, 0.1) is 12.1 Å². The van der Waals surface area contributed by atoms with Crippen LogP contribution in [-0.2, 0) is 22.4 Å². The molecule has 1 aliphatic heterocycles. The van der Waals surface area contributed by atoms with Crippen molar-refractivity contribution >= 4 is 11.9 Å². The lowest BCUT2D eigenvalue weighted by molar-refractivity contribution is -0.137. The molecule has 1 heterocycles. The van der Waals surface area contributed by atoms with Crippen molar-refractivity contribution in [1.82, 2.24) is 4.90 Å². The lowest BCUT2D eigenvalue weighted by atomic mass is 9.87. The molecule has 0 bridgehead atoms. The van der Waals surface area contributed by atoms with E-state index >= 15 is 0 Å². The lowest BCUT2D eigenvalue weighted by Crippen LogP contribution is -2.44. The van der Waals surface area contributed by atoms with E-state index in [9.17, 15) is 9.59 Å².